The third kappa shape index (κ3) is 6.05. The van der Waals surface area contributed by atoms with Gasteiger partial charge in [0.1, 0.15) is 24.3 Å². The van der Waals surface area contributed by atoms with Crippen LogP contribution in [0.2, 0.25) is 0 Å². The lowest BCUT2D eigenvalue weighted by Crippen LogP contribution is -2.49. The summed E-state index contributed by atoms with van der Waals surface area (Å²) in [7, 11) is 0. The standard InChI is InChI=1S/C26H30FN5O2S/c1-18-29-25-14-22(6-7-26(25)35-18)34-17-21(33)16-32-12-10-31(11-13-32)9-8-24-23(15-28-30-24)19-2-4-20(27)5-3-19/h2-7,14-15,21,33H,8-13,16-17H2,1H3,(H,28,30)/t21-/m1/s1. The lowest BCUT2D eigenvalue weighted by Gasteiger charge is -2.35. The number of aromatic nitrogens is 3. The number of aromatic amines is 1. The van der Waals surface area contributed by atoms with Gasteiger partial charge < -0.3 is 14.7 Å². The Morgan fingerprint density at radius 2 is 1.89 bits per heavy atom. The molecule has 2 aromatic carbocycles. The van der Waals surface area contributed by atoms with Crippen LogP contribution in [0.1, 0.15) is 10.7 Å². The molecule has 1 fully saturated rings. The summed E-state index contributed by atoms with van der Waals surface area (Å²) < 4.78 is 20.2. The van der Waals surface area contributed by atoms with Crippen molar-refractivity contribution in [2.24, 2.45) is 0 Å². The van der Waals surface area contributed by atoms with Crippen molar-refractivity contribution >= 4 is 21.6 Å². The fraction of sp³-hybridized carbons (Fsp3) is 0.385. The molecule has 5 rings (SSSR count). The summed E-state index contributed by atoms with van der Waals surface area (Å²) in [5.74, 6) is 0.505. The molecule has 1 aliphatic rings. The van der Waals surface area contributed by atoms with Crippen LogP contribution in [0.15, 0.2) is 48.7 Å². The van der Waals surface area contributed by atoms with E-state index in [1.165, 1.54) is 12.1 Å². The van der Waals surface area contributed by atoms with E-state index >= 15 is 0 Å². The molecule has 0 spiro atoms. The normalized spacial score (nSPS) is 16.1. The van der Waals surface area contributed by atoms with E-state index in [9.17, 15) is 9.50 Å². The van der Waals surface area contributed by atoms with E-state index in [4.69, 9.17) is 4.74 Å². The van der Waals surface area contributed by atoms with Crippen LogP contribution in [0.4, 0.5) is 4.39 Å². The van der Waals surface area contributed by atoms with E-state index in [1.807, 2.05) is 31.3 Å². The summed E-state index contributed by atoms with van der Waals surface area (Å²) in [4.78, 5) is 9.21. The number of hydrogen-bond donors (Lipinski definition) is 2. The number of benzene rings is 2. The van der Waals surface area contributed by atoms with E-state index in [-0.39, 0.29) is 12.4 Å². The monoisotopic (exact) mass is 495 g/mol. The topological polar surface area (TPSA) is 77.5 Å². The van der Waals surface area contributed by atoms with Crippen LogP contribution in [-0.2, 0) is 6.42 Å². The van der Waals surface area contributed by atoms with E-state index in [0.29, 0.717) is 6.54 Å². The Bertz CT molecular complexity index is 1250. The first-order chi connectivity index (χ1) is 17.0. The Balaban J connectivity index is 1.04. The molecule has 0 saturated carbocycles. The zero-order chi connectivity index (χ0) is 24.2. The van der Waals surface area contributed by atoms with Gasteiger partial charge >= 0.3 is 0 Å². The number of ether oxygens (including phenoxy) is 1. The van der Waals surface area contributed by atoms with Crippen molar-refractivity contribution < 1.29 is 14.2 Å². The van der Waals surface area contributed by atoms with E-state index in [1.54, 1.807) is 23.5 Å². The van der Waals surface area contributed by atoms with Crippen LogP contribution in [0.25, 0.3) is 21.3 Å². The SMILES string of the molecule is Cc1nc2cc(OC[C@H](O)CN3CCN(CCc4n[nH]cc4-c4ccc(F)cc4)CC3)ccc2s1. The van der Waals surface area contributed by atoms with Crippen molar-refractivity contribution in [2.45, 2.75) is 19.4 Å². The number of fused-ring (bicyclic) bond motifs is 1. The second kappa shape index (κ2) is 10.8. The van der Waals surface area contributed by atoms with Crippen molar-refractivity contribution in [3.8, 4) is 16.9 Å². The van der Waals surface area contributed by atoms with Crippen LogP contribution < -0.4 is 4.74 Å². The first-order valence-corrected chi connectivity index (χ1v) is 12.8. The minimum Gasteiger partial charge on any atom is -0.491 e. The smallest absolute Gasteiger partial charge is 0.123 e. The summed E-state index contributed by atoms with van der Waals surface area (Å²) in [5, 5.41) is 18.9. The molecular weight excluding hydrogens is 465 g/mol. The Hall–Kier alpha value is -2.85. The molecule has 0 aliphatic carbocycles. The van der Waals surface area contributed by atoms with Gasteiger partial charge in [-0.05, 0) is 36.8 Å². The average molecular weight is 496 g/mol. The zero-order valence-corrected chi connectivity index (χ0v) is 20.6. The van der Waals surface area contributed by atoms with Gasteiger partial charge in [0.25, 0.3) is 0 Å². The molecule has 3 heterocycles. The van der Waals surface area contributed by atoms with Gasteiger partial charge in [-0.25, -0.2) is 9.37 Å². The molecular formula is C26H30FN5O2S. The summed E-state index contributed by atoms with van der Waals surface area (Å²) in [6.07, 6.45) is 2.16. The molecule has 0 unspecified atom stereocenters. The molecule has 35 heavy (non-hydrogen) atoms. The molecule has 1 atom stereocenters. The lowest BCUT2D eigenvalue weighted by molar-refractivity contribution is 0.0463. The van der Waals surface area contributed by atoms with Gasteiger partial charge in [0.05, 0.1) is 20.9 Å². The van der Waals surface area contributed by atoms with Gasteiger partial charge in [-0.2, -0.15) is 5.10 Å². The van der Waals surface area contributed by atoms with Crippen LogP contribution in [0.5, 0.6) is 5.75 Å². The van der Waals surface area contributed by atoms with Crippen molar-refractivity contribution in [3.63, 3.8) is 0 Å². The number of halogens is 1. The Labute approximate surface area is 208 Å². The summed E-state index contributed by atoms with van der Waals surface area (Å²) in [5.41, 5.74) is 3.93. The summed E-state index contributed by atoms with van der Waals surface area (Å²) in [6.45, 7) is 7.49. The quantitative estimate of drug-likeness (QED) is 0.369. The number of nitrogens with zero attached hydrogens (tertiary/aromatic N) is 4. The fourth-order valence-electron chi connectivity index (χ4n) is 4.50. The fourth-order valence-corrected chi connectivity index (χ4v) is 5.31. The number of β-amino-alcohol motifs (C(OH)–C–C–N with tert-alkyl or cyclic N) is 1. The number of nitrogens with one attached hydrogen (secondary N) is 1. The van der Waals surface area contributed by atoms with Crippen molar-refractivity contribution in [2.75, 3.05) is 45.9 Å². The largest absolute Gasteiger partial charge is 0.491 e. The number of piperazine rings is 1. The van der Waals surface area contributed by atoms with Gasteiger partial charge in [-0.1, -0.05) is 12.1 Å². The molecule has 0 amide bonds. The van der Waals surface area contributed by atoms with Gasteiger partial charge in [0.2, 0.25) is 0 Å². The van der Waals surface area contributed by atoms with E-state index in [0.717, 1.165) is 76.9 Å². The molecule has 9 heteroatoms. The maximum Gasteiger partial charge on any atom is 0.123 e. The number of H-pyrrole nitrogens is 1. The van der Waals surface area contributed by atoms with Crippen molar-refractivity contribution in [3.05, 3.63) is 65.2 Å². The first kappa shape index (κ1) is 23.9. The molecule has 2 N–H and O–H groups in total. The molecule has 4 aromatic rings. The Morgan fingerprint density at radius 3 is 2.69 bits per heavy atom. The molecule has 184 valence electrons. The predicted molar refractivity (Wildman–Crippen MR) is 136 cm³/mol. The lowest BCUT2D eigenvalue weighted by atomic mass is 10.0. The molecule has 1 saturated heterocycles. The average Bonchev–Trinajstić information content (AvgIpc) is 3.48. The molecule has 1 aliphatic heterocycles. The molecule has 2 aromatic heterocycles. The number of hydrogen-bond acceptors (Lipinski definition) is 7. The highest BCUT2D eigenvalue weighted by molar-refractivity contribution is 7.18. The minimum atomic E-state index is -0.545. The van der Waals surface area contributed by atoms with Crippen LogP contribution in [-0.4, -0.2) is 82.1 Å². The minimum absolute atomic E-state index is 0.236. The third-order valence-corrected chi connectivity index (χ3v) is 7.33. The van der Waals surface area contributed by atoms with Crippen molar-refractivity contribution in [1.82, 2.24) is 25.0 Å². The number of aryl methyl sites for hydroxylation is 1. The van der Waals surface area contributed by atoms with Gasteiger partial charge in [-0.15, -0.1) is 11.3 Å². The molecule has 7 nitrogen and oxygen atoms in total. The highest BCUT2D eigenvalue weighted by atomic mass is 32.1. The zero-order valence-electron chi connectivity index (χ0n) is 19.8. The Kier molecular flexibility index (Phi) is 7.38. The van der Waals surface area contributed by atoms with Crippen LogP contribution in [0, 0.1) is 12.7 Å². The number of rotatable bonds is 9. The predicted octanol–water partition coefficient (Wildman–Crippen LogP) is 3.73. The second-order valence-corrected chi connectivity index (χ2v) is 10.2. The van der Waals surface area contributed by atoms with E-state index in [2.05, 4.69) is 25.0 Å². The third-order valence-electron chi connectivity index (χ3n) is 6.38. The van der Waals surface area contributed by atoms with Gasteiger partial charge in [-0.3, -0.25) is 10.00 Å². The second-order valence-electron chi connectivity index (χ2n) is 8.97. The van der Waals surface area contributed by atoms with Crippen LogP contribution >= 0.6 is 11.3 Å². The van der Waals surface area contributed by atoms with E-state index < -0.39 is 6.10 Å². The number of aliphatic hydroxyl groups is 1. The van der Waals surface area contributed by atoms with Gasteiger partial charge in [0.15, 0.2) is 0 Å². The Morgan fingerprint density at radius 1 is 1.11 bits per heavy atom. The molecule has 0 radical (unpaired) electrons. The highest BCUT2D eigenvalue weighted by Gasteiger charge is 2.20. The maximum absolute atomic E-state index is 13.2. The van der Waals surface area contributed by atoms with Gasteiger partial charge in [0, 0.05) is 63.5 Å². The number of aliphatic hydroxyl groups excluding tert-OH is 1. The summed E-state index contributed by atoms with van der Waals surface area (Å²) in [6, 6.07) is 12.4. The summed E-state index contributed by atoms with van der Waals surface area (Å²) >= 11 is 1.67. The maximum atomic E-state index is 13.2. The van der Waals surface area contributed by atoms with Crippen LogP contribution in [0.3, 0.4) is 0 Å². The highest BCUT2D eigenvalue weighted by Crippen LogP contribution is 2.26. The molecule has 0 bridgehead atoms. The van der Waals surface area contributed by atoms with Crippen molar-refractivity contribution in [1.29, 1.82) is 0 Å². The first-order valence-electron chi connectivity index (χ1n) is 11.9. The number of thiazole rings is 1.